The number of methoxy groups -OCH3 is 1. The minimum Gasteiger partial charge on any atom is -0.488 e. The van der Waals surface area contributed by atoms with Crippen molar-refractivity contribution in [2.45, 2.75) is 12.8 Å². The van der Waals surface area contributed by atoms with Crippen LogP contribution in [0.3, 0.4) is 0 Å². The Labute approximate surface area is 123 Å². The summed E-state index contributed by atoms with van der Waals surface area (Å²) < 4.78 is 23.9. The summed E-state index contributed by atoms with van der Waals surface area (Å²) in [5.74, 6) is -0.468. The Balaban J connectivity index is 1.91. The minimum absolute atomic E-state index is 0.0561. The molecule has 1 aliphatic rings. The lowest BCUT2D eigenvalue weighted by atomic mass is 9.99. The van der Waals surface area contributed by atoms with Crippen LogP contribution in [0, 0.1) is 11.7 Å². The number of carbonyl (C=O) groups is 1. The Hall–Kier alpha value is -1.66. The molecule has 6 heteroatoms. The number of anilines is 1. The molecule has 2 N–H and O–H groups in total. The first-order valence-corrected chi connectivity index (χ1v) is 7.13. The van der Waals surface area contributed by atoms with Gasteiger partial charge < -0.3 is 20.1 Å². The molecule has 1 amide bonds. The highest BCUT2D eigenvalue weighted by atomic mass is 19.1. The van der Waals surface area contributed by atoms with E-state index >= 15 is 0 Å². The Morgan fingerprint density at radius 3 is 3.00 bits per heavy atom. The molecule has 1 atom stereocenters. The number of hydrogen-bond acceptors (Lipinski definition) is 4. The van der Waals surface area contributed by atoms with E-state index in [1.54, 1.807) is 13.2 Å². The van der Waals surface area contributed by atoms with Crippen molar-refractivity contribution in [2.24, 2.45) is 5.92 Å². The first-order chi connectivity index (χ1) is 10.2. The van der Waals surface area contributed by atoms with Crippen molar-refractivity contribution in [2.75, 3.05) is 38.7 Å². The third-order valence-electron chi connectivity index (χ3n) is 3.41. The van der Waals surface area contributed by atoms with E-state index in [2.05, 4.69) is 10.6 Å². The molecule has 1 aromatic rings. The van der Waals surface area contributed by atoms with Gasteiger partial charge in [0.1, 0.15) is 6.61 Å². The van der Waals surface area contributed by atoms with Gasteiger partial charge >= 0.3 is 0 Å². The van der Waals surface area contributed by atoms with Crippen molar-refractivity contribution in [1.82, 2.24) is 5.32 Å². The molecule has 0 bridgehead atoms. The smallest absolute Gasteiger partial charge is 0.228 e. The maximum Gasteiger partial charge on any atom is 0.228 e. The average Bonchev–Trinajstić information content (AvgIpc) is 2.50. The first kappa shape index (κ1) is 15.7. The normalized spacial score (nSPS) is 18.3. The van der Waals surface area contributed by atoms with E-state index in [9.17, 15) is 9.18 Å². The fraction of sp³-hybridized carbons (Fsp3) is 0.533. The molecule has 116 valence electrons. The molecule has 1 unspecified atom stereocenters. The Morgan fingerprint density at radius 2 is 2.33 bits per heavy atom. The van der Waals surface area contributed by atoms with Crippen molar-refractivity contribution in [3.05, 3.63) is 24.0 Å². The minimum atomic E-state index is -0.495. The number of benzene rings is 1. The summed E-state index contributed by atoms with van der Waals surface area (Å²) in [5.41, 5.74) is 0.446. The topological polar surface area (TPSA) is 59.6 Å². The average molecular weight is 296 g/mol. The van der Waals surface area contributed by atoms with Crippen LogP contribution in [0.4, 0.5) is 10.1 Å². The molecule has 1 saturated heterocycles. The van der Waals surface area contributed by atoms with Crippen molar-refractivity contribution in [3.8, 4) is 5.75 Å². The molecule has 1 aromatic carbocycles. The summed E-state index contributed by atoms with van der Waals surface area (Å²) in [6.07, 6.45) is 1.85. The number of amides is 1. The second kappa shape index (κ2) is 7.95. The van der Waals surface area contributed by atoms with E-state index in [-0.39, 0.29) is 24.2 Å². The van der Waals surface area contributed by atoms with Crippen LogP contribution >= 0.6 is 0 Å². The number of piperidine rings is 1. The summed E-state index contributed by atoms with van der Waals surface area (Å²) in [5, 5.41) is 5.93. The van der Waals surface area contributed by atoms with Gasteiger partial charge in [-0.3, -0.25) is 4.79 Å². The predicted molar refractivity (Wildman–Crippen MR) is 78.0 cm³/mol. The Morgan fingerprint density at radius 1 is 1.48 bits per heavy atom. The zero-order valence-corrected chi connectivity index (χ0v) is 12.2. The van der Waals surface area contributed by atoms with E-state index in [1.807, 2.05) is 0 Å². The third-order valence-corrected chi connectivity index (χ3v) is 3.41. The van der Waals surface area contributed by atoms with Crippen LogP contribution in [0.1, 0.15) is 12.8 Å². The summed E-state index contributed by atoms with van der Waals surface area (Å²) >= 11 is 0. The fourth-order valence-corrected chi connectivity index (χ4v) is 2.25. The van der Waals surface area contributed by atoms with Crippen LogP contribution in [0.2, 0.25) is 0 Å². The molecule has 5 nitrogen and oxygen atoms in total. The zero-order valence-electron chi connectivity index (χ0n) is 12.2. The van der Waals surface area contributed by atoms with Gasteiger partial charge in [0.05, 0.1) is 12.5 Å². The van der Waals surface area contributed by atoms with E-state index in [4.69, 9.17) is 9.47 Å². The fourth-order valence-electron chi connectivity index (χ4n) is 2.25. The van der Waals surface area contributed by atoms with Gasteiger partial charge in [0, 0.05) is 25.4 Å². The van der Waals surface area contributed by atoms with E-state index in [0.717, 1.165) is 19.4 Å². The molecule has 0 saturated carbocycles. The van der Waals surface area contributed by atoms with Gasteiger partial charge in [0.25, 0.3) is 0 Å². The van der Waals surface area contributed by atoms with Crippen LogP contribution < -0.4 is 15.4 Å². The number of halogens is 1. The van der Waals surface area contributed by atoms with Gasteiger partial charge in [-0.15, -0.1) is 0 Å². The van der Waals surface area contributed by atoms with Gasteiger partial charge in [-0.25, -0.2) is 4.39 Å². The molecule has 0 spiro atoms. The molecule has 0 radical (unpaired) electrons. The van der Waals surface area contributed by atoms with Gasteiger partial charge in [-0.2, -0.15) is 0 Å². The monoisotopic (exact) mass is 296 g/mol. The predicted octanol–water partition coefficient (Wildman–Crippen LogP) is 1.79. The molecule has 0 aliphatic carbocycles. The van der Waals surface area contributed by atoms with Crippen molar-refractivity contribution in [1.29, 1.82) is 0 Å². The zero-order chi connectivity index (χ0) is 15.1. The van der Waals surface area contributed by atoms with Crippen LogP contribution in [-0.2, 0) is 9.53 Å². The summed E-state index contributed by atoms with van der Waals surface area (Å²) in [6, 6.07) is 4.43. The lowest BCUT2D eigenvalue weighted by Gasteiger charge is -2.22. The van der Waals surface area contributed by atoms with E-state index in [1.165, 1.54) is 12.1 Å². The first-order valence-electron chi connectivity index (χ1n) is 7.13. The van der Waals surface area contributed by atoms with Crippen LogP contribution in [0.15, 0.2) is 18.2 Å². The Bertz CT molecular complexity index is 476. The molecule has 21 heavy (non-hydrogen) atoms. The highest BCUT2D eigenvalue weighted by Gasteiger charge is 2.21. The number of carbonyl (C=O) groups excluding carboxylic acids is 1. The molecule has 0 aromatic heterocycles. The maximum absolute atomic E-state index is 13.8. The van der Waals surface area contributed by atoms with Gasteiger partial charge in [0.15, 0.2) is 11.6 Å². The third kappa shape index (κ3) is 4.68. The maximum atomic E-state index is 13.8. The summed E-state index contributed by atoms with van der Waals surface area (Å²) in [6.45, 7) is 2.30. The molecule has 2 rings (SSSR count). The van der Waals surface area contributed by atoms with E-state index < -0.39 is 5.82 Å². The molecule has 1 heterocycles. The van der Waals surface area contributed by atoms with Crippen LogP contribution in [-0.4, -0.2) is 39.3 Å². The van der Waals surface area contributed by atoms with Crippen molar-refractivity contribution in [3.63, 3.8) is 0 Å². The highest BCUT2D eigenvalue weighted by molar-refractivity contribution is 5.92. The Kier molecular flexibility index (Phi) is 5.95. The highest BCUT2D eigenvalue weighted by Crippen LogP contribution is 2.22. The van der Waals surface area contributed by atoms with E-state index in [0.29, 0.717) is 18.8 Å². The quantitative estimate of drug-likeness (QED) is 0.786. The number of hydrogen-bond donors (Lipinski definition) is 2. The largest absolute Gasteiger partial charge is 0.488 e. The summed E-state index contributed by atoms with van der Waals surface area (Å²) in [4.78, 5) is 12.1. The van der Waals surface area contributed by atoms with Crippen molar-refractivity contribution < 1.29 is 18.7 Å². The second-order valence-electron chi connectivity index (χ2n) is 5.02. The van der Waals surface area contributed by atoms with Gasteiger partial charge in [-0.1, -0.05) is 0 Å². The molecule has 1 aliphatic heterocycles. The number of nitrogens with one attached hydrogen (secondary N) is 2. The van der Waals surface area contributed by atoms with Crippen LogP contribution in [0.5, 0.6) is 5.75 Å². The van der Waals surface area contributed by atoms with Crippen molar-refractivity contribution >= 4 is 11.6 Å². The van der Waals surface area contributed by atoms with Gasteiger partial charge in [-0.05, 0) is 31.5 Å². The second-order valence-corrected chi connectivity index (χ2v) is 5.02. The van der Waals surface area contributed by atoms with Crippen LogP contribution in [0.25, 0.3) is 0 Å². The lowest BCUT2D eigenvalue weighted by molar-refractivity contribution is -0.120. The number of ether oxygens (including phenoxy) is 2. The molecular formula is C15H21FN2O3. The molecule has 1 fully saturated rings. The van der Waals surface area contributed by atoms with Gasteiger partial charge in [0.2, 0.25) is 5.91 Å². The standard InChI is InChI=1S/C15H21FN2O3/c1-20-7-8-21-14-5-4-12(9-13(14)16)18-15(19)11-3-2-6-17-10-11/h4-5,9,11,17H,2-3,6-8,10H2,1H3,(H,18,19). The lowest BCUT2D eigenvalue weighted by Crippen LogP contribution is -2.37. The number of rotatable bonds is 6. The summed E-state index contributed by atoms with van der Waals surface area (Å²) in [7, 11) is 1.55. The molecular weight excluding hydrogens is 275 g/mol. The SMILES string of the molecule is COCCOc1ccc(NC(=O)C2CCCNC2)cc1F.